The van der Waals surface area contributed by atoms with Crippen LogP contribution in [0.3, 0.4) is 0 Å². The van der Waals surface area contributed by atoms with Crippen LogP contribution >= 0.6 is 0 Å². The van der Waals surface area contributed by atoms with Gasteiger partial charge < -0.3 is 9.63 Å². The van der Waals surface area contributed by atoms with Gasteiger partial charge in [-0.25, -0.2) is 0 Å². The lowest BCUT2D eigenvalue weighted by molar-refractivity contribution is 0.0261. The normalized spacial score (nSPS) is 24.4. The molecule has 5 nitrogen and oxygen atoms in total. The first kappa shape index (κ1) is 12.5. The fraction of sp³-hybridized carbons (Fsp3) is 0.833. The van der Waals surface area contributed by atoms with Crippen molar-refractivity contribution in [2.75, 3.05) is 13.6 Å². The third-order valence-corrected chi connectivity index (χ3v) is 3.19. The highest BCUT2D eigenvalue weighted by Gasteiger charge is 2.28. The summed E-state index contributed by atoms with van der Waals surface area (Å²) in [6.07, 6.45) is 1.76. The van der Waals surface area contributed by atoms with Crippen LogP contribution in [0.2, 0.25) is 0 Å². The van der Waals surface area contributed by atoms with Crippen LogP contribution in [-0.4, -0.2) is 39.8 Å². The van der Waals surface area contributed by atoms with E-state index in [4.69, 9.17) is 4.52 Å². The van der Waals surface area contributed by atoms with E-state index in [-0.39, 0.29) is 6.10 Å². The van der Waals surface area contributed by atoms with E-state index >= 15 is 0 Å². The maximum absolute atomic E-state index is 9.23. The van der Waals surface area contributed by atoms with E-state index in [1.165, 1.54) is 0 Å². The molecule has 0 saturated heterocycles. The summed E-state index contributed by atoms with van der Waals surface area (Å²) in [4.78, 5) is 6.52. The fourth-order valence-corrected chi connectivity index (χ4v) is 2.15. The van der Waals surface area contributed by atoms with Gasteiger partial charge in [-0.1, -0.05) is 19.0 Å². The van der Waals surface area contributed by atoms with Gasteiger partial charge in [-0.15, -0.1) is 0 Å². The molecule has 96 valence electrons. The number of hydrogen-bond donors (Lipinski definition) is 1. The smallest absolute Gasteiger partial charge is 0.240 e. The van der Waals surface area contributed by atoms with Gasteiger partial charge in [0.25, 0.3) is 0 Å². The summed E-state index contributed by atoms with van der Waals surface area (Å²) >= 11 is 0. The van der Waals surface area contributed by atoms with Crippen LogP contribution in [0.5, 0.6) is 0 Å². The first-order valence-corrected chi connectivity index (χ1v) is 6.23. The molecule has 1 fully saturated rings. The van der Waals surface area contributed by atoms with Crippen LogP contribution in [0.4, 0.5) is 0 Å². The van der Waals surface area contributed by atoms with Crippen LogP contribution in [0.15, 0.2) is 4.52 Å². The first-order valence-electron chi connectivity index (χ1n) is 6.23. The Morgan fingerprint density at radius 2 is 2.18 bits per heavy atom. The quantitative estimate of drug-likeness (QED) is 0.841. The minimum atomic E-state index is -0.0793. The lowest BCUT2D eigenvalue weighted by Crippen LogP contribution is -2.36. The average Bonchev–Trinajstić information content (AvgIpc) is 2.63. The van der Waals surface area contributed by atoms with Gasteiger partial charge in [-0.2, -0.15) is 4.98 Å². The average molecular weight is 239 g/mol. The molecule has 1 aliphatic rings. The molecule has 0 aliphatic heterocycles. The number of nitrogens with zero attached hydrogens (tertiary/aromatic N) is 3. The highest BCUT2D eigenvalue weighted by Crippen LogP contribution is 2.27. The third-order valence-electron chi connectivity index (χ3n) is 3.19. The second-order valence-corrected chi connectivity index (χ2v) is 5.39. The first-order chi connectivity index (χ1) is 8.04. The minimum absolute atomic E-state index is 0.0793. The van der Waals surface area contributed by atoms with Gasteiger partial charge in [-0.05, 0) is 25.8 Å². The number of aromatic nitrogens is 2. The van der Waals surface area contributed by atoms with E-state index in [1.54, 1.807) is 0 Å². The van der Waals surface area contributed by atoms with Crippen molar-refractivity contribution in [3.05, 3.63) is 11.7 Å². The summed E-state index contributed by atoms with van der Waals surface area (Å²) in [5.41, 5.74) is 0. The van der Waals surface area contributed by atoms with Gasteiger partial charge in [-0.3, -0.25) is 4.90 Å². The summed E-state index contributed by atoms with van der Waals surface area (Å²) in [6.45, 7) is 5.77. The summed E-state index contributed by atoms with van der Waals surface area (Å²) in [5.74, 6) is 2.37. The standard InChI is InChI=1S/C12H21N3O2/c1-8(2)12-13-11(17-14-12)7-15(3)6-9-4-10(16)5-9/h8-10,16H,4-7H2,1-3H3. The van der Waals surface area contributed by atoms with Crippen molar-refractivity contribution in [2.45, 2.75) is 45.3 Å². The number of aliphatic hydroxyl groups is 1. The molecule has 2 rings (SSSR count). The molecule has 5 heteroatoms. The van der Waals surface area contributed by atoms with Crippen molar-refractivity contribution < 1.29 is 9.63 Å². The minimum Gasteiger partial charge on any atom is -0.393 e. The van der Waals surface area contributed by atoms with E-state index in [0.29, 0.717) is 24.3 Å². The molecule has 1 aromatic heterocycles. The molecule has 1 aromatic rings. The Hall–Kier alpha value is -0.940. The second-order valence-electron chi connectivity index (χ2n) is 5.39. The van der Waals surface area contributed by atoms with Gasteiger partial charge in [0, 0.05) is 12.5 Å². The van der Waals surface area contributed by atoms with Crippen molar-refractivity contribution in [3.8, 4) is 0 Å². The largest absolute Gasteiger partial charge is 0.393 e. The number of aliphatic hydroxyl groups excluding tert-OH is 1. The Bertz CT molecular complexity index is 358. The molecule has 0 spiro atoms. The van der Waals surface area contributed by atoms with E-state index in [9.17, 15) is 5.11 Å². The van der Waals surface area contributed by atoms with Gasteiger partial charge in [0.1, 0.15) is 0 Å². The molecule has 0 bridgehead atoms. The highest BCUT2D eigenvalue weighted by atomic mass is 16.5. The maximum atomic E-state index is 9.23. The Morgan fingerprint density at radius 1 is 1.47 bits per heavy atom. The SMILES string of the molecule is CC(C)c1noc(CN(C)CC2CC(O)C2)n1. The fourth-order valence-electron chi connectivity index (χ4n) is 2.15. The van der Waals surface area contributed by atoms with E-state index < -0.39 is 0 Å². The number of hydrogen-bond acceptors (Lipinski definition) is 5. The molecule has 1 aliphatic carbocycles. The molecule has 0 unspecified atom stereocenters. The predicted molar refractivity (Wildman–Crippen MR) is 63.5 cm³/mol. The molecule has 17 heavy (non-hydrogen) atoms. The van der Waals surface area contributed by atoms with E-state index in [1.807, 2.05) is 20.9 Å². The summed E-state index contributed by atoms with van der Waals surface area (Å²) in [5, 5.41) is 13.2. The summed E-state index contributed by atoms with van der Waals surface area (Å²) in [7, 11) is 2.05. The Kier molecular flexibility index (Phi) is 3.79. The zero-order valence-corrected chi connectivity index (χ0v) is 10.8. The Labute approximate surface area is 102 Å². The molecule has 0 amide bonds. The Balaban J connectivity index is 1.79. The van der Waals surface area contributed by atoms with E-state index in [0.717, 1.165) is 25.2 Å². The number of rotatable bonds is 5. The third kappa shape index (κ3) is 3.26. The van der Waals surface area contributed by atoms with Crippen molar-refractivity contribution in [1.29, 1.82) is 0 Å². The van der Waals surface area contributed by atoms with Crippen LogP contribution in [-0.2, 0) is 6.54 Å². The lowest BCUT2D eigenvalue weighted by Gasteiger charge is -2.34. The van der Waals surface area contributed by atoms with E-state index in [2.05, 4.69) is 15.0 Å². The molecular weight excluding hydrogens is 218 g/mol. The van der Waals surface area contributed by atoms with Crippen molar-refractivity contribution in [3.63, 3.8) is 0 Å². The van der Waals surface area contributed by atoms with Gasteiger partial charge in [0.05, 0.1) is 12.6 Å². The predicted octanol–water partition coefficient (Wildman–Crippen LogP) is 1.40. The zero-order valence-electron chi connectivity index (χ0n) is 10.8. The van der Waals surface area contributed by atoms with Crippen LogP contribution in [0.1, 0.15) is 44.3 Å². The van der Waals surface area contributed by atoms with Gasteiger partial charge >= 0.3 is 0 Å². The zero-order chi connectivity index (χ0) is 12.4. The summed E-state index contributed by atoms with van der Waals surface area (Å²) in [6, 6.07) is 0. The van der Waals surface area contributed by atoms with Gasteiger partial charge in [0.15, 0.2) is 5.82 Å². The topological polar surface area (TPSA) is 62.4 Å². The molecule has 0 aromatic carbocycles. The molecule has 0 atom stereocenters. The molecule has 1 N–H and O–H groups in total. The lowest BCUT2D eigenvalue weighted by atomic mass is 9.82. The molecule has 0 radical (unpaired) electrons. The Morgan fingerprint density at radius 3 is 2.71 bits per heavy atom. The van der Waals surface area contributed by atoms with Crippen molar-refractivity contribution >= 4 is 0 Å². The van der Waals surface area contributed by atoms with Crippen LogP contribution in [0, 0.1) is 5.92 Å². The van der Waals surface area contributed by atoms with Crippen LogP contribution < -0.4 is 0 Å². The maximum Gasteiger partial charge on any atom is 0.240 e. The van der Waals surface area contributed by atoms with Crippen LogP contribution in [0.25, 0.3) is 0 Å². The molecule has 1 saturated carbocycles. The van der Waals surface area contributed by atoms with Crippen molar-refractivity contribution in [1.82, 2.24) is 15.0 Å². The molecular formula is C12H21N3O2. The second kappa shape index (κ2) is 5.14. The van der Waals surface area contributed by atoms with Gasteiger partial charge in [0.2, 0.25) is 5.89 Å². The monoisotopic (exact) mass is 239 g/mol. The molecule has 1 heterocycles. The van der Waals surface area contributed by atoms with Crippen molar-refractivity contribution in [2.24, 2.45) is 5.92 Å². The summed E-state index contributed by atoms with van der Waals surface area (Å²) < 4.78 is 5.20. The highest BCUT2D eigenvalue weighted by molar-refractivity contribution is 4.91.